The van der Waals surface area contributed by atoms with Crippen molar-refractivity contribution in [3.8, 4) is 22.6 Å². The first-order valence-electron chi connectivity index (χ1n) is 10.9. The zero-order chi connectivity index (χ0) is 24.1. The van der Waals surface area contributed by atoms with Crippen LogP contribution in [0.1, 0.15) is 46.9 Å². The molecule has 0 unspecified atom stereocenters. The predicted octanol–water partition coefficient (Wildman–Crippen LogP) is 6.34. The molecule has 0 fully saturated rings. The lowest BCUT2D eigenvalue weighted by Gasteiger charge is -2.17. The Hall–Kier alpha value is -4.00. The smallest absolute Gasteiger partial charge is 0.338 e. The summed E-state index contributed by atoms with van der Waals surface area (Å²) in [5, 5.41) is 10.3. The molecule has 34 heavy (non-hydrogen) atoms. The van der Waals surface area contributed by atoms with Crippen LogP contribution < -0.4 is 4.74 Å². The zero-order valence-electron chi connectivity index (χ0n) is 18.9. The topological polar surface area (TPSA) is 63.8 Å². The first kappa shape index (κ1) is 21.8. The van der Waals surface area contributed by atoms with Crippen LogP contribution in [0.5, 0.6) is 5.75 Å². The number of carboxylic acid groups (broad SMARTS) is 1. The van der Waals surface area contributed by atoms with E-state index in [-0.39, 0.29) is 17.5 Å². The minimum absolute atomic E-state index is 0.0112. The molecule has 0 saturated heterocycles. The highest BCUT2D eigenvalue weighted by molar-refractivity contribution is 6.04. The van der Waals surface area contributed by atoms with E-state index in [2.05, 4.69) is 4.99 Å². The maximum absolute atomic E-state index is 15.2. The van der Waals surface area contributed by atoms with Gasteiger partial charge in [0, 0.05) is 34.1 Å². The standard InChI is InChI=1S/C27H22F2N2O3/c1-14(2)25-23(19-8-9-20(27(32)33)24(29)26(19)34-3)21-10-15-12-30-13-16(15)11-22(21)31(25)18-6-4-17(28)5-7-18/h4-11,13-14H,12H2,1-3H3,(H,32,33). The number of aromatic nitrogens is 1. The number of aliphatic imine (C=N–C) groups is 1. The summed E-state index contributed by atoms with van der Waals surface area (Å²) in [6, 6.07) is 13.1. The second-order valence-electron chi connectivity index (χ2n) is 8.58. The Morgan fingerprint density at radius 2 is 1.85 bits per heavy atom. The number of aromatic carboxylic acids is 1. The van der Waals surface area contributed by atoms with Crippen LogP contribution in [0.3, 0.4) is 0 Å². The first-order valence-corrected chi connectivity index (χ1v) is 10.9. The van der Waals surface area contributed by atoms with Crippen molar-refractivity contribution in [1.29, 1.82) is 0 Å². The highest BCUT2D eigenvalue weighted by Gasteiger charge is 2.28. The number of rotatable bonds is 5. The Balaban J connectivity index is 1.94. The molecule has 5 nitrogen and oxygen atoms in total. The van der Waals surface area contributed by atoms with Crippen LogP contribution in [-0.4, -0.2) is 29.0 Å². The molecule has 4 aromatic rings. The number of benzene rings is 3. The average molecular weight is 460 g/mol. The zero-order valence-corrected chi connectivity index (χ0v) is 18.9. The van der Waals surface area contributed by atoms with Crippen molar-refractivity contribution in [1.82, 2.24) is 4.57 Å². The average Bonchev–Trinajstić information content (AvgIpc) is 3.39. The van der Waals surface area contributed by atoms with E-state index in [9.17, 15) is 14.3 Å². The van der Waals surface area contributed by atoms with Crippen molar-refractivity contribution < 1.29 is 23.4 Å². The lowest BCUT2D eigenvalue weighted by atomic mass is 9.93. The van der Waals surface area contributed by atoms with E-state index >= 15 is 4.39 Å². The van der Waals surface area contributed by atoms with Crippen LogP contribution in [-0.2, 0) is 6.54 Å². The van der Waals surface area contributed by atoms with Gasteiger partial charge in [-0.2, -0.15) is 0 Å². The van der Waals surface area contributed by atoms with Gasteiger partial charge in [0.25, 0.3) is 0 Å². The molecule has 7 heteroatoms. The van der Waals surface area contributed by atoms with Gasteiger partial charge in [-0.1, -0.05) is 13.8 Å². The van der Waals surface area contributed by atoms with E-state index in [1.54, 1.807) is 18.2 Å². The number of hydrogen-bond acceptors (Lipinski definition) is 3. The maximum Gasteiger partial charge on any atom is 0.338 e. The van der Waals surface area contributed by atoms with Crippen molar-refractivity contribution >= 4 is 23.1 Å². The van der Waals surface area contributed by atoms with Gasteiger partial charge in [0.05, 0.1) is 24.7 Å². The molecule has 3 aromatic carbocycles. The molecule has 2 heterocycles. The van der Waals surface area contributed by atoms with Crippen LogP contribution in [0.2, 0.25) is 0 Å². The molecule has 0 amide bonds. The van der Waals surface area contributed by atoms with Crippen molar-refractivity contribution in [2.45, 2.75) is 26.3 Å². The highest BCUT2D eigenvalue weighted by atomic mass is 19.1. The molecule has 0 aliphatic carbocycles. The second-order valence-corrected chi connectivity index (χ2v) is 8.58. The van der Waals surface area contributed by atoms with E-state index < -0.39 is 17.3 Å². The molecule has 0 atom stereocenters. The third kappa shape index (κ3) is 3.27. The Kier molecular flexibility index (Phi) is 5.20. The fourth-order valence-electron chi connectivity index (χ4n) is 4.73. The van der Waals surface area contributed by atoms with Crippen LogP contribution in [0.15, 0.2) is 53.5 Å². The molecule has 0 bridgehead atoms. The minimum atomic E-state index is -1.37. The van der Waals surface area contributed by atoms with Gasteiger partial charge in [0.2, 0.25) is 0 Å². The number of hydrogen-bond donors (Lipinski definition) is 1. The van der Waals surface area contributed by atoms with Crippen LogP contribution in [0.25, 0.3) is 27.7 Å². The van der Waals surface area contributed by atoms with Crippen LogP contribution >= 0.6 is 0 Å². The molecular weight excluding hydrogens is 438 g/mol. The van der Waals surface area contributed by atoms with Crippen LogP contribution in [0, 0.1) is 11.6 Å². The monoisotopic (exact) mass is 460 g/mol. The van der Waals surface area contributed by atoms with Crippen molar-refractivity contribution in [3.63, 3.8) is 0 Å². The van der Waals surface area contributed by atoms with Gasteiger partial charge in [0.1, 0.15) is 5.82 Å². The summed E-state index contributed by atoms with van der Waals surface area (Å²) < 4.78 is 36.4. The minimum Gasteiger partial charge on any atom is -0.493 e. The lowest BCUT2D eigenvalue weighted by Crippen LogP contribution is -2.06. The predicted molar refractivity (Wildman–Crippen MR) is 128 cm³/mol. The molecule has 1 aliphatic rings. The van der Waals surface area contributed by atoms with Crippen molar-refractivity contribution in [2.24, 2.45) is 4.99 Å². The van der Waals surface area contributed by atoms with Gasteiger partial charge >= 0.3 is 5.97 Å². The molecule has 0 saturated carbocycles. The Morgan fingerprint density at radius 1 is 1.12 bits per heavy atom. The lowest BCUT2D eigenvalue weighted by molar-refractivity contribution is 0.0691. The number of nitrogens with zero attached hydrogens (tertiary/aromatic N) is 2. The van der Waals surface area contributed by atoms with Gasteiger partial charge in [-0.15, -0.1) is 0 Å². The number of halogens is 2. The van der Waals surface area contributed by atoms with E-state index in [4.69, 9.17) is 4.74 Å². The Bertz CT molecular complexity index is 1480. The van der Waals surface area contributed by atoms with Gasteiger partial charge < -0.3 is 14.4 Å². The van der Waals surface area contributed by atoms with Gasteiger partial charge in [-0.25, -0.2) is 13.6 Å². The summed E-state index contributed by atoms with van der Waals surface area (Å²) in [4.78, 5) is 15.9. The van der Waals surface area contributed by atoms with E-state index in [0.717, 1.165) is 39.0 Å². The van der Waals surface area contributed by atoms with Crippen molar-refractivity contribution in [3.05, 3.63) is 82.5 Å². The van der Waals surface area contributed by atoms with Crippen molar-refractivity contribution in [2.75, 3.05) is 7.11 Å². The number of carbonyl (C=O) groups is 1. The summed E-state index contributed by atoms with van der Waals surface area (Å²) in [6.45, 7) is 4.61. The summed E-state index contributed by atoms with van der Waals surface area (Å²) in [6.07, 6.45) is 1.83. The molecular formula is C27H22F2N2O3. The fourth-order valence-corrected chi connectivity index (χ4v) is 4.73. The summed E-state index contributed by atoms with van der Waals surface area (Å²) >= 11 is 0. The molecule has 172 valence electrons. The van der Waals surface area contributed by atoms with E-state index in [0.29, 0.717) is 12.1 Å². The quantitative estimate of drug-likeness (QED) is 0.378. The fraction of sp³-hybridized carbons (Fsp3) is 0.185. The number of carboxylic acids is 1. The second kappa shape index (κ2) is 8.09. The third-order valence-corrected chi connectivity index (χ3v) is 6.19. The van der Waals surface area contributed by atoms with Crippen LogP contribution in [0.4, 0.5) is 8.78 Å². The van der Waals surface area contributed by atoms with E-state index in [1.807, 2.05) is 36.8 Å². The SMILES string of the molecule is COc1c(-c2c(C(C)C)n(-c3ccc(F)cc3)c3cc4c(cc23)CN=C4)ccc(C(=O)O)c1F. The third-order valence-electron chi connectivity index (χ3n) is 6.19. The molecule has 0 radical (unpaired) electrons. The number of ether oxygens (including phenoxy) is 1. The first-order chi connectivity index (χ1) is 16.3. The highest BCUT2D eigenvalue weighted by Crippen LogP contribution is 2.46. The molecule has 1 N–H and O–H groups in total. The number of methoxy groups -OCH3 is 1. The van der Waals surface area contributed by atoms with E-state index in [1.165, 1.54) is 25.3 Å². The molecule has 0 spiro atoms. The Labute approximate surface area is 194 Å². The maximum atomic E-state index is 15.2. The summed E-state index contributed by atoms with van der Waals surface area (Å²) in [5.74, 6) is -2.77. The van der Waals surface area contributed by atoms with Gasteiger partial charge in [-0.05, 0) is 65.6 Å². The summed E-state index contributed by atoms with van der Waals surface area (Å²) in [5.41, 5.74) is 5.29. The normalized spacial score (nSPS) is 12.5. The Morgan fingerprint density at radius 3 is 2.50 bits per heavy atom. The largest absolute Gasteiger partial charge is 0.493 e. The molecule has 1 aliphatic heterocycles. The van der Waals surface area contributed by atoms with Gasteiger partial charge in [-0.3, -0.25) is 4.99 Å². The summed E-state index contributed by atoms with van der Waals surface area (Å²) in [7, 11) is 1.33. The molecule has 1 aromatic heterocycles. The van der Waals surface area contributed by atoms with Gasteiger partial charge in [0.15, 0.2) is 11.6 Å². The molecule has 5 rings (SSSR count). The number of fused-ring (bicyclic) bond motifs is 2.